The molecule has 2 amide bonds. The molecule has 4 N–H and O–H groups in total. The molecule has 0 radical (unpaired) electrons. The van der Waals surface area contributed by atoms with Crippen molar-refractivity contribution in [2.24, 2.45) is 5.92 Å². The van der Waals surface area contributed by atoms with Gasteiger partial charge in [0.2, 0.25) is 0 Å². The number of hydrogen-bond acceptors (Lipinski definition) is 3. The van der Waals surface area contributed by atoms with Crippen molar-refractivity contribution >= 4 is 11.8 Å². The number of carbonyl (C=O) groups is 2. The van der Waals surface area contributed by atoms with E-state index in [0.29, 0.717) is 5.92 Å². The Morgan fingerprint density at radius 3 is 2.43 bits per heavy atom. The smallest absolute Gasteiger partial charge is 0.305 e. The molecule has 2 rings (SSSR count). The standard InChI is InChI=1S/C17H21N3O3/c1-12(2)16(13-7-4-3-5-8-13)18-11-15(21)19-20-17(22)14-9-6-10-23-14/h3-10,12,16,18H,11H2,1-2H3,(H,19,21)(H,20,22)/p+1/t16-/m0/s1. The summed E-state index contributed by atoms with van der Waals surface area (Å²) in [6, 6.07) is 13.4. The second kappa shape index (κ2) is 8.14. The summed E-state index contributed by atoms with van der Waals surface area (Å²) in [4.78, 5) is 23.5. The molecule has 1 aromatic carbocycles. The van der Waals surface area contributed by atoms with Crippen LogP contribution in [0.4, 0.5) is 0 Å². The quantitative estimate of drug-likeness (QED) is 0.695. The third kappa shape index (κ3) is 4.96. The van der Waals surface area contributed by atoms with Crippen LogP contribution in [0.3, 0.4) is 0 Å². The summed E-state index contributed by atoms with van der Waals surface area (Å²) in [5.74, 6) is -0.222. The summed E-state index contributed by atoms with van der Waals surface area (Å²) in [6.07, 6.45) is 1.40. The first-order valence-electron chi connectivity index (χ1n) is 7.59. The van der Waals surface area contributed by atoms with Crippen molar-refractivity contribution in [1.82, 2.24) is 10.9 Å². The minimum atomic E-state index is -0.480. The van der Waals surface area contributed by atoms with E-state index in [-0.39, 0.29) is 24.3 Å². The van der Waals surface area contributed by atoms with Gasteiger partial charge >= 0.3 is 5.91 Å². The van der Waals surface area contributed by atoms with Gasteiger partial charge in [0.05, 0.1) is 6.26 Å². The predicted octanol–water partition coefficient (Wildman–Crippen LogP) is 1.00. The molecule has 2 aromatic rings. The van der Waals surface area contributed by atoms with Gasteiger partial charge in [-0.05, 0) is 12.1 Å². The van der Waals surface area contributed by atoms with E-state index in [4.69, 9.17) is 4.42 Å². The molecule has 0 spiro atoms. The van der Waals surface area contributed by atoms with Crippen LogP contribution < -0.4 is 16.2 Å². The summed E-state index contributed by atoms with van der Waals surface area (Å²) < 4.78 is 4.94. The fourth-order valence-electron chi connectivity index (χ4n) is 2.35. The van der Waals surface area contributed by atoms with E-state index in [9.17, 15) is 9.59 Å². The molecule has 0 aliphatic rings. The summed E-state index contributed by atoms with van der Waals surface area (Å²) in [5, 5.41) is 1.97. The average molecular weight is 316 g/mol. The number of rotatable bonds is 6. The van der Waals surface area contributed by atoms with Crippen molar-refractivity contribution < 1.29 is 19.3 Å². The van der Waals surface area contributed by atoms with Crippen molar-refractivity contribution in [3.8, 4) is 0 Å². The molecule has 122 valence electrons. The van der Waals surface area contributed by atoms with E-state index in [1.807, 2.05) is 23.5 Å². The SMILES string of the molecule is CC(C)[C@H]([NH2+]CC(=O)NNC(=O)c1ccco1)c1ccccc1. The van der Waals surface area contributed by atoms with Crippen LogP contribution in [0.25, 0.3) is 0 Å². The number of benzene rings is 1. The van der Waals surface area contributed by atoms with Gasteiger partial charge in [0, 0.05) is 11.5 Å². The molecule has 0 aliphatic carbocycles. The lowest BCUT2D eigenvalue weighted by Crippen LogP contribution is -2.88. The lowest BCUT2D eigenvalue weighted by molar-refractivity contribution is -0.692. The largest absolute Gasteiger partial charge is 0.459 e. The third-order valence-corrected chi connectivity index (χ3v) is 3.52. The molecule has 6 nitrogen and oxygen atoms in total. The van der Waals surface area contributed by atoms with E-state index in [0.717, 1.165) is 0 Å². The van der Waals surface area contributed by atoms with Gasteiger partial charge in [-0.15, -0.1) is 0 Å². The van der Waals surface area contributed by atoms with Gasteiger partial charge in [0.15, 0.2) is 12.3 Å². The Labute approximate surface area is 135 Å². The fraction of sp³-hybridized carbons (Fsp3) is 0.294. The zero-order chi connectivity index (χ0) is 16.7. The van der Waals surface area contributed by atoms with E-state index >= 15 is 0 Å². The van der Waals surface area contributed by atoms with Gasteiger partial charge in [-0.1, -0.05) is 44.2 Å². The molecule has 0 bridgehead atoms. The number of nitrogens with one attached hydrogen (secondary N) is 2. The summed E-state index contributed by atoms with van der Waals surface area (Å²) >= 11 is 0. The molecule has 1 aromatic heterocycles. The molecule has 1 heterocycles. The van der Waals surface area contributed by atoms with Gasteiger partial charge < -0.3 is 9.73 Å². The third-order valence-electron chi connectivity index (χ3n) is 3.52. The van der Waals surface area contributed by atoms with Gasteiger partial charge in [0.1, 0.15) is 6.04 Å². The molecule has 6 heteroatoms. The van der Waals surface area contributed by atoms with Crippen LogP contribution in [-0.2, 0) is 4.79 Å². The highest BCUT2D eigenvalue weighted by Crippen LogP contribution is 2.16. The Kier molecular flexibility index (Phi) is 5.94. The normalized spacial score (nSPS) is 12.0. The molecule has 0 aliphatic heterocycles. The maximum absolute atomic E-state index is 11.9. The number of nitrogens with two attached hydrogens (primary N) is 1. The second-order valence-electron chi connectivity index (χ2n) is 5.60. The Bertz CT molecular complexity index is 624. The van der Waals surface area contributed by atoms with Gasteiger partial charge in [-0.3, -0.25) is 20.4 Å². The maximum atomic E-state index is 11.9. The van der Waals surface area contributed by atoms with Crippen molar-refractivity contribution in [2.45, 2.75) is 19.9 Å². The molecule has 0 unspecified atom stereocenters. The summed E-state index contributed by atoms with van der Waals surface area (Å²) in [5.41, 5.74) is 5.89. The van der Waals surface area contributed by atoms with Crippen molar-refractivity contribution in [3.05, 3.63) is 60.1 Å². The van der Waals surface area contributed by atoms with Gasteiger partial charge in [-0.25, -0.2) is 0 Å². The van der Waals surface area contributed by atoms with Crippen LogP contribution in [0.1, 0.15) is 36.0 Å². The summed E-state index contributed by atoms with van der Waals surface area (Å²) in [6.45, 7) is 4.45. The first-order valence-corrected chi connectivity index (χ1v) is 7.59. The Hall–Kier alpha value is -2.60. The monoisotopic (exact) mass is 316 g/mol. The maximum Gasteiger partial charge on any atom is 0.305 e. The molecular weight excluding hydrogens is 294 g/mol. The van der Waals surface area contributed by atoms with Crippen LogP contribution in [0.5, 0.6) is 0 Å². The molecule has 0 saturated heterocycles. The topological polar surface area (TPSA) is 88.0 Å². The second-order valence-corrected chi connectivity index (χ2v) is 5.60. The van der Waals surface area contributed by atoms with Crippen LogP contribution in [0, 0.1) is 5.92 Å². The number of quaternary nitrogens is 1. The first-order chi connectivity index (χ1) is 11.1. The fourth-order valence-corrected chi connectivity index (χ4v) is 2.35. The van der Waals surface area contributed by atoms with Crippen molar-refractivity contribution in [3.63, 3.8) is 0 Å². The lowest BCUT2D eigenvalue weighted by atomic mass is 9.96. The van der Waals surface area contributed by atoms with Crippen LogP contribution >= 0.6 is 0 Å². The Morgan fingerprint density at radius 2 is 1.83 bits per heavy atom. The zero-order valence-corrected chi connectivity index (χ0v) is 13.3. The minimum Gasteiger partial charge on any atom is -0.459 e. The Balaban J connectivity index is 1.81. The van der Waals surface area contributed by atoms with Crippen molar-refractivity contribution in [2.75, 3.05) is 6.54 Å². The number of hydrogen-bond donors (Lipinski definition) is 3. The highest BCUT2D eigenvalue weighted by atomic mass is 16.3. The number of amides is 2. The van der Waals surface area contributed by atoms with Crippen LogP contribution in [0.2, 0.25) is 0 Å². The number of furan rings is 1. The van der Waals surface area contributed by atoms with Crippen LogP contribution in [0.15, 0.2) is 53.1 Å². The van der Waals surface area contributed by atoms with Gasteiger partial charge in [0.25, 0.3) is 5.91 Å². The number of hydrazine groups is 1. The van der Waals surface area contributed by atoms with E-state index in [1.165, 1.54) is 17.9 Å². The lowest BCUT2D eigenvalue weighted by Gasteiger charge is -2.19. The summed E-state index contributed by atoms with van der Waals surface area (Å²) in [7, 11) is 0. The average Bonchev–Trinajstić information content (AvgIpc) is 3.08. The molecular formula is C17H22N3O3+. The predicted molar refractivity (Wildman–Crippen MR) is 85.1 cm³/mol. The highest BCUT2D eigenvalue weighted by molar-refractivity contribution is 5.92. The zero-order valence-electron chi connectivity index (χ0n) is 13.3. The number of carbonyl (C=O) groups excluding carboxylic acids is 2. The molecule has 0 saturated carbocycles. The van der Waals surface area contributed by atoms with Crippen molar-refractivity contribution in [1.29, 1.82) is 0 Å². The minimum absolute atomic E-state index is 0.152. The first kappa shape index (κ1) is 16.8. The highest BCUT2D eigenvalue weighted by Gasteiger charge is 2.20. The molecule has 1 atom stereocenters. The molecule has 0 fully saturated rings. The molecule has 23 heavy (non-hydrogen) atoms. The van der Waals surface area contributed by atoms with E-state index < -0.39 is 5.91 Å². The van der Waals surface area contributed by atoms with E-state index in [1.54, 1.807) is 6.07 Å². The van der Waals surface area contributed by atoms with E-state index in [2.05, 4.69) is 36.8 Å². The van der Waals surface area contributed by atoms with Gasteiger partial charge in [-0.2, -0.15) is 0 Å². The van der Waals surface area contributed by atoms with Crippen LogP contribution in [-0.4, -0.2) is 18.4 Å². The Morgan fingerprint density at radius 1 is 1.09 bits per heavy atom.